The van der Waals surface area contributed by atoms with Crippen LogP contribution in [0.15, 0.2) is 29.6 Å². The molecule has 2 N–H and O–H groups in total. The van der Waals surface area contributed by atoms with Crippen LogP contribution in [0.4, 0.5) is 5.69 Å². The molecule has 1 amide bonds. The number of hydrogen-bond donors (Lipinski definition) is 2. The zero-order valence-electron chi connectivity index (χ0n) is 10.7. The van der Waals surface area contributed by atoms with Crippen molar-refractivity contribution in [3.05, 3.63) is 29.6 Å². The Balaban J connectivity index is 1.61. The molecule has 0 radical (unpaired) electrons. The van der Waals surface area contributed by atoms with Gasteiger partial charge in [-0.25, -0.2) is 0 Å². The fourth-order valence-electron chi connectivity index (χ4n) is 2.32. The highest BCUT2D eigenvalue weighted by Gasteiger charge is 2.13. The van der Waals surface area contributed by atoms with Gasteiger partial charge in [0.2, 0.25) is 5.91 Å². The van der Waals surface area contributed by atoms with Crippen LogP contribution in [0.3, 0.4) is 0 Å². The number of nitrogens with zero attached hydrogens (tertiary/aromatic N) is 1. The Morgan fingerprint density at radius 2 is 2.16 bits per heavy atom. The first kappa shape index (κ1) is 12.6. The summed E-state index contributed by atoms with van der Waals surface area (Å²) in [5.41, 5.74) is 0.881. The number of carbonyl (C=O) groups is 1. The Kier molecular flexibility index (Phi) is 3.77. The van der Waals surface area contributed by atoms with E-state index in [9.17, 15) is 4.79 Å². The van der Waals surface area contributed by atoms with Crippen LogP contribution in [0.1, 0.15) is 0 Å². The minimum absolute atomic E-state index is 0.0662. The lowest BCUT2D eigenvalue weighted by atomic mass is 10.2. The number of nitrogens with one attached hydrogen (secondary N) is 2. The Bertz CT molecular complexity index is 575. The zero-order chi connectivity index (χ0) is 13.1. The highest BCUT2D eigenvalue weighted by atomic mass is 32.1. The molecule has 0 atom stereocenters. The van der Waals surface area contributed by atoms with Gasteiger partial charge in [-0.15, -0.1) is 11.3 Å². The number of piperazine rings is 1. The fourth-order valence-corrected chi connectivity index (χ4v) is 3.09. The van der Waals surface area contributed by atoms with E-state index in [-0.39, 0.29) is 5.91 Å². The number of rotatable bonds is 3. The third-order valence-electron chi connectivity index (χ3n) is 3.31. The standard InChI is InChI=1S/C14H17N3OS/c18-14(10-17-6-4-15-5-7-17)16-12-1-2-13-11(9-12)3-8-19-13/h1-3,8-9,15H,4-7,10H2,(H,16,18). The summed E-state index contributed by atoms with van der Waals surface area (Å²) in [7, 11) is 0. The average Bonchev–Trinajstić information content (AvgIpc) is 2.87. The number of amides is 1. The van der Waals surface area contributed by atoms with Crippen molar-refractivity contribution < 1.29 is 4.79 Å². The first-order valence-electron chi connectivity index (χ1n) is 6.51. The van der Waals surface area contributed by atoms with Crippen molar-refractivity contribution in [1.82, 2.24) is 10.2 Å². The van der Waals surface area contributed by atoms with Gasteiger partial charge in [0, 0.05) is 36.6 Å². The lowest BCUT2D eigenvalue weighted by molar-refractivity contribution is -0.117. The van der Waals surface area contributed by atoms with Gasteiger partial charge in [0.05, 0.1) is 6.54 Å². The number of fused-ring (bicyclic) bond motifs is 1. The van der Waals surface area contributed by atoms with Crippen molar-refractivity contribution in [2.24, 2.45) is 0 Å². The predicted octanol–water partition coefficient (Wildman–Crippen LogP) is 1.74. The van der Waals surface area contributed by atoms with E-state index in [4.69, 9.17) is 0 Å². The minimum atomic E-state index is 0.0662. The molecule has 1 fully saturated rings. The van der Waals surface area contributed by atoms with Crippen molar-refractivity contribution in [3.63, 3.8) is 0 Å². The van der Waals surface area contributed by atoms with E-state index in [1.165, 1.54) is 10.1 Å². The van der Waals surface area contributed by atoms with Crippen molar-refractivity contribution in [2.45, 2.75) is 0 Å². The molecule has 0 spiro atoms. The molecular formula is C14H17N3OS. The molecule has 19 heavy (non-hydrogen) atoms. The molecule has 1 aliphatic heterocycles. The second-order valence-corrected chi connectivity index (χ2v) is 5.70. The maximum Gasteiger partial charge on any atom is 0.238 e. The maximum atomic E-state index is 12.0. The summed E-state index contributed by atoms with van der Waals surface area (Å²) in [6, 6.07) is 8.13. The smallest absolute Gasteiger partial charge is 0.238 e. The quantitative estimate of drug-likeness (QED) is 0.897. The number of thiophene rings is 1. The third kappa shape index (κ3) is 3.12. The molecule has 2 aromatic rings. The predicted molar refractivity (Wildman–Crippen MR) is 79.8 cm³/mol. The highest BCUT2D eigenvalue weighted by Crippen LogP contribution is 2.23. The summed E-state index contributed by atoms with van der Waals surface area (Å²) in [5.74, 6) is 0.0662. The van der Waals surface area contributed by atoms with E-state index in [0.717, 1.165) is 31.9 Å². The molecule has 0 saturated carbocycles. The SMILES string of the molecule is O=C(CN1CCNCC1)Nc1ccc2sccc2c1. The minimum Gasteiger partial charge on any atom is -0.325 e. The molecule has 3 rings (SSSR count). The van der Waals surface area contributed by atoms with Gasteiger partial charge in [-0.2, -0.15) is 0 Å². The van der Waals surface area contributed by atoms with Gasteiger partial charge in [0.25, 0.3) is 0 Å². The number of hydrogen-bond acceptors (Lipinski definition) is 4. The van der Waals surface area contributed by atoms with Crippen LogP contribution >= 0.6 is 11.3 Å². The van der Waals surface area contributed by atoms with Crippen molar-refractivity contribution >= 4 is 33.0 Å². The van der Waals surface area contributed by atoms with Gasteiger partial charge in [0.1, 0.15) is 0 Å². The third-order valence-corrected chi connectivity index (χ3v) is 4.21. The second kappa shape index (κ2) is 5.69. The summed E-state index contributed by atoms with van der Waals surface area (Å²) in [5, 5.41) is 9.51. The number of carbonyl (C=O) groups excluding carboxylic acids is 1. The van der Waals surface area contributed by atoms with E-state index < -0.39 is 0 Å². The van der Waals surface area contributed by atoms with Crippen LogP contribution in [0.2, 0.25) is 0 Å². The molecule has 1 aromatic heterocycles. The van der Waals surface area contributed by atoms with Gasteiger partial charge in [-0.1, -0.05) is 0 Å². The Morgan fingerprint density at radius 3 is 3.00 bits per heavy atom. The van der Waals surface area contributed by atoms with E-state index >= 15 is 0 Å². The van der Waals surface area contributed by atoms with Gasteiger partial charge >= 0.3 is 0 Å². The monoisotopic (exact) mass is 275 g/mol. The molecule has 5 heteroatoms. The van der Waals surface area contributed by atoms with Gasteiger partial charge in [-0.05, 0) is 35.0 Å². The Labute approximate surface area is 116 Å². The summed E-state index contributed by atoms with van der Waals surface area (Å²) in [6.07, 6.45) is 0. The normalized spacial score (nSPS) is 16.6. The Hall–Kier alpha value is -1.43. The van der Waals surface area contributed by atoms with Crippen LogP contribution in [0, 0.1) is 0 Å². The van der Waals surface area contributed by atoms with Gasteiger partial charge in [0.15, 0.2) is 0 Å². The van der Waals surface area contributed by atoms with E-state index in [1.54, 1.807) is 11.3 Å². The zero-order valence-corrected chi connectivity index (χ0v) is 11.5. The first-order valence-corrected chi connectivity index (χ1v) is 7.39. The van der Waals surface area contributed by atoms with E-state index in [2.05, 4.69) is 33.0 Å². The van der Waals surface area contributed by atoms with Crippen molar-refractivity contribution in [3.8, 4) is 0 Å². The van der Waals surface area contributed by atoms with Gasteiger partial charge < -0.3 is 10.6 Å². The van der Waals surface area contributed by atoms with Crippen molar-refractivity contribution in [2.75, 3.05) is 38.0 Å². The topological polar surface area (TPSA) is 44.4 Å². The van der Waals surface area contributed by atoms with Crippen LogP contribution < -0.4 is 10.6 Å². The summed E-state index contributed by atoms with van der Waals surface area (Å²) in [6.45, 7) is 4.29. The molecule has 1 aliphatic rings. The van der Waals surface area contributed by atoms with E-state index in [0.29, 0.717) is 6.54 Å². The molecule has 100 valence electrons. The van der Waals surface area contributed by atoms with E-state index in [1.807, 2.05) is 12.1 Å². The lowest BCUT2D eigenvalue weighted by Crippen LogP contribution is -2.46. The molecule has 2 heterocycles. The maximum absolute atomic E-state index is 12.0. The van der Waals surface area contributed by atoms with Gasteiger partial charge in [-0.3, -0.25) is 9.69 Å². The molecular weight excluding hydrogens is 258 g/mol. The van der Waals surface area contributed by atoms with Crippen LogP contribution in [-0.2, 0) is 4.79 Å². The molecule has 1 aromatic carbocycles. The highest BCUT2D eigenvalue weighted by molar-refractivity contribution is 7.17. The summed E-state index contributed by atoms with van der Waals surface area (Å²) >= 11 is 1.72. The molecule has 0 bridgehead atoms. The second-order valence-electron chi connectivity index (χ2n) is 4.75. The van der Waals surface area contributed by atoms with Crippen LogP contribution in [0.25, 0.3) is 10.1 Å². The van der Waals surface area contributed by atoms with Crippen LogP contribution in [-0.4, -0.2) is 43.5 Å². The molecule has 0 unspecified atom stereocenters. The fraction of sp³-hybridized carbons (Fsp3) is 0.357. The first-order chi connectivity index (χ1) is 9.31. The van der Waals surface area contributed by atoms with Crippen molar-refractivity contribution in [1.29, 1.82) is 0 Å². The Morgan fingerprint density at radius 1 is 1.32 bits per heavy atom. The van der Waals surface area contributed by atoms with Crippen LogP contribution in [0.5, 0.6) is 0 Å². The molecule has 0 aliphatic carbocycles. The summed E-state index contributed by atoms with van der Waals surface area (Å²) < 4.78 is 1.25. The molecule has 4 nitrogen and oxygen atoms in total. The average molecular weight is 275 g/mol. The number of anilines is 1. The lowest BCUT2D eigenvalue weighted by Gasteiger charge is -2.26. The summed E-state index contributed by atoms with van der Waals surface area (Å²) in [4.78, 5) is 14.2. The number of benzene rings is 1. The largest absolute Gasteiger partial charge is 0.325 e. The molecule has 1 saturated heterocycles.